The average molecular weight is 218 g/mol. The number of benzene rings is 1. The van der Waals surface area contributed by atoms with E-state index in [2.05, 4.69) is 5.18 Å². The summed E-state index contributed by atoms with van der Waals surface area (Å²) in [6.45, 7) is 3.15. The standard InChI is InChI=1S/C8H9ClNO2P/c1-13(2,12)8-5-6(9)3-4-7(8)10-11/h3-5H,1-2H3. The first kappa shape index (κ1) is 10.4. The van der Waals surface area contributed by atoms with E-state index < -0.39 is 7.14 Å². The molecule has 1 rings (SSSR count). The Morgan fingerprint density at radius 3 is 2.46 bits per heavy atom. The molecule has 0 N–H and O–H groups in total. The predicted molar refractivity (Wildman–Crippen MR) is 56.0 cm³/mol. The smallest absolute Gasteiger partial charge is 0.118 e. The molecule has 0 atom stereocenters. The highest BCUT2D eigenvalue weighted by atomic mass is 35.5. The van der Waals surface area contributed by atoms with Gasteiger partial charge in [0.25, 0.3) is 0 Å². The number of rotatable bonds is 2. The van der Waals surface area contributed by atoms with Crippen molar-refractivity contribution in [3.05, 3.63) is 28.1 Å². The Bertz CT molecular complexity index is 386. The molecule has 0 aliphatic carbocycles. The third-order valence-corrected chi connectivity index (χ3v) is 3.37. The van der Waals surface area contributed by atoms with E-state index in [9.17, 15) is 9.47 Å². The first-order valence-corrected chi connectivity index (χ1v) is 6.61. The zero-order valence-corrected chi connectivity index (χ0v) is 8.97. The lowest BCUT2D eigenvalue weighted by Crippen LogP contribution is -2.02. The summed E-state index contributed by atoms with van der Waals surface area (Å²) >= 11 is 5.72. The van der Waals surface area contributed by atoms with Crippen LogP contribution >= 0.6 is 18.7 Å². The topological polar surface area (TPSA) is 46.5 Å². The van der Waals surface area contributed by atoms with Gasteiger partial charge in [-0.1, -0.05) is 11.6 Å². The molecule has 3 nitrogen and oxygen atoms in total. The minimum absolute atomic E-state index is 0.206. The summed E-state index contributed by atoms with van der Waals surface area (Å²) in [5, 5.41) is 3.70. The van der Waals surface area contributed by atoms with E-state index in [1.807, 2.05) is 0 Å². The molecular weight excluding hydrogens is 209 g/mol. The van der Waals surface area contributed by atoms with Crippen molar-refractivity contribution in [2.45, 2.75) is 0 Å². The molecule has 0 saturated heterocycles. The number of nitroso groups, excluding NO2 is 1. The maximum Gasteiger partial charge on any atom is 0.118 e. The normalized spacial score (nSPS) is 11.3. The molecule has 0 aromatic heterocycles. The minimum Gasteiger partial charge on any atom is -0.319 e. The van der Waals surface area contributed by atoms with Gasteiger partial charge in [0.2, 0.25) is 0 Å². The third kappa shape index (κ3) is 2.39. The molecule has 70 valence electrons. The maximum absolute atomic E-state index is 11.7. The molecule has 0 saturated carbocycles. The van der Waals surface area contributed by atoms with E-state index in [1.54, 1.807) is 19.4 Å². The lowest BCUT2D eigenvalue weighted by molar-refractivity contribution is 0.588. The monoisotopic (exact) mass is 217 g/mol. The average Bonchev–Trinajstić information content (AvgIpc) is 2.03. The molecule has 0 radical (unpaired) electrons. The highest BCUT2D eigenvalue weighted by Gasteiger charge is 2.16. The Balaban J connectivity index is 3.41. The van der Waals surface area contributed by atoms with Crippen molar-refractivity contribution in [1.82, 2.24) is 0 Å². The Morgan fingerprint density at radius 1 is 1.38 bits per heavy atom. The van der Waals surface area contributed by atoms with Crippen molar-refractivity contribution in [2.24, 2.45) is 5.18 Å². The fraction of sp³-hybridized carbons (Fsp3) is 0.250. The van der Waals surface area contributed by atoms with Crippen LogP contribution in [0.25, 0.3) is 0 Å². The number of nitrogens with zero attached hydrogens (tertiary/aromatic N) is 1. The highest BCUT2D eigenvalue weighted by Crippen LogP contribution is 2.39. The third-order valence-electron chi connectivity index (χ3n) is 1.62. The van der Waals surface area contributed by atoms with Gasteiger partial charge in [-0.25, -0.2) is 0 Å². The molecule has 13 heavy (non-hydrogen) atoms. The molecule has 0 heterocycles. The van der Waals surface area contributed by atoms with Crippen LogP contribution in [-0.2, 0) is 4.57 Å². The quantitative estimate of drug-likeness (QED) is 0.565. The molecule has 0 fully saturated rings. The van der Waals surface area contributed by atoms with Gasteiger partial charge in [-0.2, -0.15) is 0 Å². The van der Waals surface area contributed by atoms with Crippen LogP contribution in [0.4, 0.5) is 5.69 Å². The van der Waals surface area contributed by atoms with Gasteiger partial charge in [-0.3, -0.25) is 0 Å². The van der Waals surface area contributed by atoms with Crippen molar-refractivity contribution in [3.63, 3.8) is 0 Å². The molecular formula is C8H9ClNO2P. The summed E-state index contributed by atoms with van der Waals surface area (Å²) in [6, 6.07) is 4.56. The van der Waals surface area contributed by atoms with E-state index >= 15 is 0 Å². The SMILES string of the molecule is CP(C)(=O)c1cc(Cl)ccc1N=O. The number of halogens is 1. The molecule has 0 aliphatic rings. The molecule has 0 unspecified atom stereocenters. The molecule has 1 aromatic carbocycles. The molecule has 5 heteroatoms. The molecule has 0 spiro atoms. The summed E-state index contributed by atoms with van der Waals surface area (Å²) < 4.78 is 11.7. The fourth-order valence-electron chi connectivity index (χ4n) is 1.01. The summed E-state index contributed by atoms with van der Waals surface area (Å²) in [5.74, 6) is 0. The summed E-state index contributed by atoms with van der Waals surface area (Å²) in [7, 11) is -2.48. The van der Waals surface area contributed by atoms with Crippen LogP contribution in [0.2, 0.25) is 5.02 Å². The second-order valence-corrected chi connectivity index (χ2v) is 6.70. The van der Waals surface area contributed by atoms with Gasteiger partial charge in [0.15, 0.2) is 0 Å². The number of hydrogen-bond donors (Lipinski definition) is 0. The van der Waals surface area contributed by atoms with Gasteiger partial charge in [-0.15, -0.1) is 4.91 Å². The van der Waals surface area contributed by atoms with Crippen molar-refractivity contribution in [3.8, 4) is 0 Å². The Labute approximate surface area is 81.4 Å². The number of hydrogen-bond acceptors (Lipinski definition) is 3. The van der Waals surface area contributed by atoms with Crippen molar-refractivity contribution >= 4 is 29.7 Å². The molecule has 0 aliphatic heterocycles. The van der Waals surface area contributed by atoms with E-state index in [4.69, 9.17) is 11.6 Å². The van der Waals surface area contributed by atoms with Crippen LogP contribution in [0.1, 0.15) is 0 Å². The van der Waals surface area contributed by atoms with Crippen LogP contribution in [-0.4, -0.2) is 13.3 Å². The Kier molecular flexibility index (Phi) is 2.89. The summed E-state index contributed by atoms with van der Waals surface area (Å²) in [4.78, 5) is 10.4. The van der Waals surface area contributed by atoms with E-state index in [0.29, 0.717) is 10.3 Å². The largest absolute Gasteiger partial charge is 0.319 e. The van der Waals surface area contributed by atoms with Gasteiger partial charge in [0, 0.05) is 10.3 Å². The zero-order valence-electron chi connectivity index (χ0n) is 7.32. The molecule has 0 bridgehead atoms. The van der Waals surface area contributed by atoms with Crippen LogP contribution in [0, 0.1) is 4.91 Å². The van der Waals surface area contributed by atoms with E-state index in [0.717, 1.165) is 0 Å². The van der Waals surface area contributed by atoms with Gasteiger partial charge in [0.05, 0.1) is 0 Å². The first-order chi connectivity index (χ1) is 5.95. The van der Waals surface area contributed by atoms with Gasteiger partial charge in [-0.05, 0) is 36.7 Å². The second-order valence-electron chi connectivity index (χ2n) is 3.08. The van der Waals surface area contributed by atoms with Gasteiger partial charge < -0.3 is 4.57 Å². The van der Waals surface area contributed by atoms with Gasteiger partial charge in [0.1, 0.15) is 12.8 Å². The van der Waals surface area contributed by atoms with Crippen LogP contribution in [0.5, 0.6) is 0 Å². The highest BCUT2D eigenvalue weighted by molar-refractivity contribution is 7.70. The first-order valence-electron chi connectivity index (χ1n) is 3.63. The fourth-order valence-corrected chi connectivity index (χ4v) is 2.37. The van der Waals surface area contributed by atoms with E-state index in [1.165, 1.54) is 12.1 Å². The van der Waals surface area contributed by atoms with Gasteiger partial charge >= 0.3 is 0 Å². The zero-order chi connectivity index (χ0) is 10.1. The molecule has 1 aromatic rings. The predicted octanol–water partition coefficient (Wildman–Crippen LogP) is 2.99. The summed E-state index contributed by atoms with van der Waals surface area (Å²) in [6.07, 6.45) is 0. The Morgan fingerprint density at radius 2 is 2.00 bits per heavy atom. The maximum atomic E-state index is 11.7. The Hall–Kier alpha value is -0.660. The minimum atomic E-state index is -2.48. The van der Waals surface area contributed by atoms with Crippen LogP contribution in [0.15, 0.2) is 23.4 Å². The lowest BCUT2D eigenvalue weighted by atomic mass is 10.3. The van der Waals surface area contributed by atoms with Crippen molar-refractivity contribution in [2.75, 3.05) is 13.3 Å². The second kappa shape index (κ2) is 3.60. The van der Waals surface area contributed by atoms with E-state index in [-0.39, 0.29) is 5.69 Å². The lowest BCUT2D eigenvalue weighted by Gasteiger charge is -2.08. The van der Waals surface area contributed by atoms with Crippen molar-refractivity contribution in [1.29, 1.82) is 0 Å². The summed E-state index contributed by atoms with van der Waals surface area (Å²) in [5.41, 5.74) is 0.206. The van der Waals surface area contributed by atoms with Crippen molar-refractivity contribution < 1.29 is 4.57 Å². The molecule has 0 amide bonds. The van der Waals surface area contributed by atoms with Crippen LogP contribution < -0.4 is 5.30 Å². The van der Waals surface area contributed by atoms with Crippen LogP contribution in [0.3, 0.4) is 0 Å².